The van der Waals surface area contributed by atoms with Gasteiger partial charge in [0.1, 0.15) is 6.04 Å². The average molecular weight is 242 g/mol. The highest BCUT2D eigenvalue weighted by atomic mass is 32.2. The molecule has 0 fully saturated rings. The Morgan fingerprint density at radius 2 is 2.00 bits per heavy atom. The van der Waals surface area contributed by atoms with Crippen molar-refractivity contribution in [3.63, 3.8) is 0 Å². The molecule has 0 aromatic heterocycles. The zero-order valence-electron chi connectivity index (χ0n) is 7.97. The molecule has 6 nitrogen and oxygen atoms in total. The number of carbonyl (C=O) groups is 1. The van der Waals surface area contributed by atoms with Crippen LogP contribution in [0.4, 0.5) is 4.39 Å². The summed E-state index contributed by atoms with van der Waals surface area (Å²) in [5.41, 5.74) is 5.12. The Morgan fingerprint density at radius 3 is 2.33 bits per heavy atom. The molecule has 15 heavy (non-hydrogen) atoms. The Labute approximate surface area is 87.0 Å². The van der Waals surface area contributed by atoms with Crippen molar-refractivity contribution < 1.29 is 27.3 Å². The zero-order chi connectivity index (χ0) is 12.1. The molecule has 0 radical (unpaired) electrons. The summed E-state index contributed by atoms with van der Waals surface area (Å²) in [6.45, 7) is -0.728. The third-order valence-electron chi connectivity index (χ3n) is 1.91. The van der Waals surface area contributed by atoms with Crippen LogP contribution in [-0.2, 0) is 14.9 Å². The van der Waals surface area contributed by atoms with Gasteiger partial charge in [-0.05, 0) is 19.3 Å². The molecule has 0 aromatic rings. The molecule has 0 bridgehead atoms. The van der Waals surface area contributed by atoms with Crippen LogP contribution in [-0.4, -0.2) is 42.0 Å². The summed E-state index contributed by atoms with van der Waals surface area (Å²) in [6.07, 6.45) is -0.624. The molecule has 90 valence electrons. The molecule has 0 saturated heterocycles. The predicted octanol–water partition coefficient (Wildman–Crippen LogP) is -0.205. The van der Waals surface area contributed by atoms with Gasteiger partial charge in [-0.2, -0.15) is 8.42 Å². The minimum Gasteiger partial charge on any atom is -0.480 e. The molecule has 0 saturated carbocycles. The zero-order valence-corrected chi connectivity index (χ0v) is 8.78. The number of carboxylic acid groups (broad SMARTS) is 1. The molecule has 8 heteroatoms. The van der Waals surface area contributed by atoms with Crippen LogP contribution >= 0.6 is 0 Å². The van der Waals surface area contributed by atoms with Crippen molar-refractivity contribution in [1.29, 1.82) is 0 Å². The number of carboxylic acids is 1. The third kappa shape index (κ3) is 5.65. The quantitative estimate of drug-likeness (QED) is 0.532. The van der Waals surface area contributed by atoms with Crippen molar-refractivity contribution >= 4 is 16.1 Å². The SMILES string of the molecule is N[C@@H](CC(CCC[18F])S(=O)(=O)O)C(=O)O. The van der Waals surface area contributed by atoms with Crippen LogP contribution in [0, 0.1) is 0 Å². The van der Waals surface area contributed by atoms with Crippen LogP contribution in [0.3, 0.4) is 0 Å². The number of nitrogens with two attached hydrogens (primary N) is 1. The summed E-state index contributed by atoms with van der Waals surface area (Å²) in [7, 11) is -4.38. The van der Waals surface area contributed by atoms with Crippen molar-refractivity contribution in [2.45, 2.75) is 30.6 Å². The Morgan fingerprint density at radius 1 is 1.47 bits per heavy atom. The Balaban J connectivity index is 4.45. The maximum Gasteiger partial charge on any atom is 0.320 e. The van der Waals surface area contributed by atoms with E-state index in [4.69, 9.17) is 15.4 Å². The van der Waals surface area contributed by atoms with E-state index in [0.29, 0.717) is 0 Å². The standard InChI is InChI=1S/C7H14FNO5S/c8-3-1-2-5(15(12,13)14)4-6(9)7(10)11/h5-6H,1-4,9H2,(H,10,11)(H,12,13,14)/t5?,6-/m0/s1/i8-1. The van der Waals surface area contributed by atoms with E-state index in [0.717, 1.165) is 0 Å². The predicted molar refractivity (Wildman–Crippen MR) is 50.8 cm³/mol. The highest BCUT2D eigenvalue weighted by molar-refractivity contribution is 7.86. The van der Waals surface area contributed by atoms with E-state index in [1.807, 2.05) is 0 Å². The lowest BCUT2D eigenvalue weighted by Gasteiger charge is -2.15. The molecule has 0 amide bonds. The van der Waals surface area contributed by atoms with Crippen molar-refractivity contribution in [2.24, 2.45) is 5.73 Å². The van der Waals surface area contributed by atoms with Crippen molar-refractivity contribution in [2.75, 3.05) is 6.67 Å². The second-order valence-electron chi connectivity index (χ2n) is 3.15. The average Bonchev–Trinajstić information content (AvgIpc) is 2.09. The van der Waals surface area contributed by atoms with Gasteiger partial charge in [-0.3, -0.25) is 13.7 Å². The van der Waals surface area contributed by atoms with Gasteiger partial charge >= 0.3 is 5.97 Å². The molecule has 2 atom stereocenters. The fourth-order valence-electron chi connectivity index (χ4n) is 1.08. The highest BCUT2D eigenvalue weighted by Crippen LogP contribution is 2.13. The molecule has 4 N–H and O–H groups in total. The number of hydrogen-bond donors (Lipinski definition) is 3. The Hall–Kier alpha value is -0.730. The van der Waals surface area contributed by atoms with Crippen molar-refractivity contribution in [3.05, 3.63) is 0 Å². The molecular formula is C7H14FNO5S. The van der Waals surface area contributed by atoms with Crippen LogP contribution in [0.2, 0.25) is 0 Å². The molecule has 0 aromatic carbocycles. The van der Waals surface area contributed by atoms with Gasteiger partial charge in [0.05, 0.1) is 11.9 Å². The number of hydrogen-bond acceptors (Lipinski definition) is 4. The molecule has 0 heterocycles. The minimum absolute atomic E-state index is 0.0587. The van der Waals surface area contributed by atoms with Crippen LogP contribution < -0.4 is 5.73 Å². The Kier molecular flexibility index (Phi) is 5.69. The molecule has 1 unspecified atom stereocenters. The molecule has 0 aliphatic heterocycles. The second-order valence-corrected chi connectivity index (χ2v) is 4.85. The first kappa shape index (κ1) is 14.3. The molecule has 0 aliphatic carbocycles. The number of rotatable bonds is 7. The number of aliphatic carboxylic acids is 1. The summed E-state index contributed by atoms with van der Waals surface area (Å²) in [5, 5.41) is 7.13. The van der Waals surface area contributed by atoms with E-state index in [-0.39, 0.29) is 12.8 Å². The van der Waals surface area contributed by atoms with Crippen LogP contribution in [0.25, 0.3) is 0 Å². The van der Waals surface area contributed by atoms with E-state index in [1.54, 1.807) is 0 Å². The highest BCUT2D eigenvalue weighted by Gasteiger charge is 2.27. The first-order valence-corrected chi connectivity index (χ1v) is 5.80. The van der Waals surface area contributed by atoms with Crippen molar-refractivity contribution in [3.8, 4) is 0 Å². The van der Waals surface area contributed by atoms with Gasteiger partial charge in [0, 0.05) is 0 Å². The molecule has 0 aliphatic rings. The first-order chi connectivity index (χ1) is 6.79. The van der Waals surface area contributed by atoms with Crippen LogP contribution in [0.15, 0.2) is 0 Å². The van der Waals surface area contributed by atoms with E-state index in [9.17, 15) is 17.6 Å². The van der Waals surface area contributed by atoms with Gasteiger partial charge in [0.2, 0.25) is 0 Å². The fraction of sp³-hybridized carbons (Fsp3) is 0.857. The van der Waals surface area contributed by atoms with Crippen LogP contribution in [0.1, 0.15) is 19.3 Å². The van der Waals surface area contributed by atoms with E-state index in [2.05, 4.69) is 0 Å². The molecule has 0 spiro atoms. The topological polar surface area (TPSA) is 118 Å². The van der Waals surface area contributed by atoms with E-state index >= 15 is 0 Å². The number of alkyl halides is 1. The summed E-state index contributed by atoms with van der Waals surface area (Å²) in [4.78, 5) is 10.4. The van der Waals surface area contributed by atoms with E-state index < -0.39 is 40.5 Å². The first-order valence-electron chi connectivity index (χ1n) is 4.29. The van der Waals surface area contributed by atoms with Gasteiger partial charge in [0.25, 0.3) is 10.1 Å². The Bertz CT molecular complexity index is 305. The lowest BCUT2D eigenvalue weighted by Crippen LogP contribution is -2.36. The smallest absolute Gasteiger partial charge is 0.320 e. The van der Waals surface area contributed by atoms with Gasteiger partial charge in [-0.15, -0.1) is 0 Å². The van der Waals surface area contributed by atoms with Gasteiger partial charge in [-0.1, -0.05) is 0 Å². The van der Waals surface area contributed by atoms with Crippen molar-refractivity contribution in [1.82, 2.24) is 0 Å². The fourth-order valence-corrected chi connectivity index (χ4v) is 1.99. The van der Waals surface area contributed by atoms with Gasteiger partial charge in [-0.25, -0.2) is 0 Å². The minimum atomic E-state index is -4.38. The lowest BCUT2D eigenvalue weighted by molar-refractivity contribution is -0.138. The van der Waals surface area contributed by atoms with Crippen LogP contribution in [0.5, 0.6) is 0 Å². The second kappa shape index (κ2) is 5.99. The lowest BCUT2D eigenvalue weighted by atomic mass is 10.1. The van der Waals surface area contributed by atoms with Gasteiger partial charge < -0.3 is 10.8 Å². The largest absolute Gasteiger partial charge is 0.480 e. The molecular weight excluding hydrogens is 228 g/mol. The van der Waals surface area contributed by atoms with E-state index in [1.165, 1.54) is 0 Å². The summed E-state index contributed by atoms with van der Waals surface area (Å²) < 4.78 is 42.1. The summed E-state index contributed by atoms with van der Waals surface area (Å²) >= 11 is 0. The maximum absolute atomic E-state index is 11.8. The van der Waals surface area contributed by atoms with Gasteiger partial charge in [0.15, 0.2) is 0 Å². The summed E-state index contributed by atoms with van der Waals surface area (Å²) in [6, 6.07) is -1.38. The maximum atomic E-state index is 11.8. The normalized spacial score (nSPS) is 15.9. The summed E-state index contributed by atoms with van der Waals surface area (Å²) in [5.74, 6) is -1.36. The monoisotopic (exact) mass is 242 g/mol. The third-order valence-corrected chi connectivity index (χ3v) is 3.19. The molecule has 0 rings (SSSR count). The number of halogens is 1.